The standard InChI is InChI=1S/C17H24N2O3S/c1-5-7-16(20)19-14-9-8-13(11-15(14)22-4)18-17(21)12(3)23-10-6-2/h6,8-9,11-12H,2,5,7,10H2,1,3-4H3,(H,18,21)(H,19,20)/t12-/m1/s1. The molecule has 0 saturated heterocycles. The topological polar surface area (TPSA) is 67.4 Å². The van der Waals surface area contributed by atoms with Gasteiger partial charge in [0.2, 0.25) is 11.8 Å². The largest absolute Gasteiger partial charge is 0.494 e. The Bertz CT molecular complexity index is 561. The van der Waals surface area contributed by atoms with Crippen molar-refractivity contribution < 1.29 is 14.3 Å². The fourth-order valence-electron chi connectivity index (χ4n) is 1.84. The Balaban J connectivity index is 2.76. The molecule has 0 aliphatic carbocycles. The van der Waals surface area contributed by atoms with Crippen LogP contribution in [-0.4, -0.2) is 29.9 Å². The molecule has 0 radical (unpaired) electrons. The number of hydrogen-bond acceptors (Lipinski definition) is 4. The molecule has 0 heterocycles. The van der Waals surface area contributed by atoms with Crippen molar-refractivity contribution in [3.63, 3.8) is 0 Å². The number of amides is 2. The highest BCUT2D eigenvalue weighted by Gasteiger charge is 2.14. The molecule has 126 valence electrons. The zero-order valence-electron chi connectivity index (χ0n) is 13.8. The summed E-state index contributed by atoms with van der Waals surface area (Å²) in [4.78, 5) is 23.8. The molecule has 0 unspecified atom stereocenters. The van der Waals surface area contributed by atoms with Crippen molar-refractivity contribution in [1.82, 2.24) is 0 Å². The Kier molecular flexibility index (Phi) is 8.26. The van der Waals surface area contributed by atoms with Gasteiger partial charge in [0, 0.05) is 23.9 Å². The summed E-state index contributed by atoms with van der Waals surface area (Å²) in [5.41, 5.74) is 1.23. The van der Waals surface area contributed by atoms with Crippen LogP contribution in [0.15, 0.2) is 30.9 Å². The highest BCUT2D eigenvalue weighted by molar-refractivity contribution is 8.00. The number of carbonyl (C=O) groups excluding carboxylic acids is 2. The van der Waals surface area contributed by atoms with Crippen LogP contribution in [0.1, 0.15) is 26.7 Å². The normalized spacial score (nSPS) is 11.4. The van der Waals surface area contributed by atoms with Gasteiger partial charge in [-0.05, 0) is 25.5 Å². The van der Waals surface area contributed by atoms with E-state index >= 15 is 0 Å². The van der Waals surface area contributed by atoms with E-state index in [4.69, 9.17) is 4.74 Å². The fraction of sp³-hybridized carbons (Fsp3) is 0.412. The van der Waals surface area contributed by atoms with Crippen LogP contribution in [-0.2, 0) is 9.59 Å². The van der Waals surface area contributed by atoms with E-state index in [1.54, 1.807) is 24.3 Å². The van der Waals surface area contributed by atoms with E-state index in [9.17, 15) is 9.59 Å². The van der Waals surface area contributed by atoms with Crippen LogP contribution in [0, 0.1) is 0 Å². The Hall–Kier alpha value is -1.95. The van der Waals surface area contributed by atoms with Crippen LogP contribution >= 0.6 is 11.8 Å². The zero-order valence-corrected chi connectivity index (χ0v) is 14.7. The summed E-state index contributed by atoms with van der Waals surface area (Å²) < 4.78 is 5.29. The number of rotatable bonds is 9. The summed E-state index contributed by atoms with van der Waals surface area (Å²) in [5.74, 6) is 1.10. The minimum absolute atomic E-state index is 0.0583. The van der Waals surface area contributed by atoms with E-state index in [0.29, 0.717) is 23.5 Å². The van der Waals surface area contributed by atoms with Gasteiger partial charge in [-0.2, -0.15) is 0 Å². The van der Waals surface area contributed by atoms with Crippen molar-refractivity contribution in [1.29, 1.82) is 0 Å². The van der Waals surface area contributed by atoms with Gasteiger partial charge in [0.25, 0.3) is 0 Å². The summed E-state index contributed by atoms with van der Waals surface area (Å²) in [6.07, 6.45) is 3.01. The summed E-state index contributed by atoms with van der Waals surface area (Å²) in [6, 6.07) is 5.17. The second kappa shape index (κ2) is 9.94. The number of thioether (sulfide) groups is 1. The number of methoxy groups -OCH3 is 1. The maximum absolute atomic E-state index is 12.1. The molecule has 0 aliphatic heterocycles. The maximum atomic E-state index is 12.1. The molecule has 23 heavy (non-hydrogen) atoms. The molecule has 0 aromatic heterocycles. The highest BCUT2D eigenvalue weighted by Crippen LogP contribution is 2.28. The lowest BCUT2D eigenvalue weighted by atomic mass is 10.2. The van der Waals surface area contributed by atoms with Crippen LogP contribution in [0.25, 0.3) is 0 Å². The fourth-order valence-corrected chi connectivity index (χ4v) is 2.48. The second-order valence-corrected chi connectivity index (χ2v) is 6.34. The Morgan fingerprint density at radius 3 is 2.74 bits per heavy atom. The third kappa shape index (κ3) is 6.36. The second-order valence-electron chi connectivity index (χ2n) is 4.97. The third-order valence-corrected chi connectivity index (χ3v) is 4.20. The van der Waals surface area contributed by atoms with Crippen LogP contribution in [0.3, 0.4) is 0 Å². The lowest BCUT2D eigenvalue weighted by molar-refractivity contribution is -0.116. The summed E-state index contributed by atoms with van der Waals surface area (Å²) in [6.45, 7) is 7.43. The summed E-state index contributed by atoms with van der Waals surface area (Å²) in [7, 11) is 1.53. The molecule has 0 bridgehead atoms. The molecule has 6 heteroatoms. The van der Waals surface area contributed by atoms with Gasteiger partial charge < -0.3 is 15.4 Å². The first-order valence-corrected chi connectivity index (χ1v) is 8.57. The van der Waals surface area contributed by atoms with Crippen molar-refractivity contribution in [2.24, 2.45) is 0 Å². The molecule has 0 spiro atoms. The van der Waals surface area contributed by atoms with Gasteiger partial charge >= 0.3 is 0 Å². The molecule has 2 amide bonds. The van der Waals surface area contributed by atoms with Gasteiger partial charge in [0.05, 0.1) is 18.0 Å². The van der Waals surface area contributed by atoms with Crippen molar-refractivity contribution >= 4 is 35.0 Å². The molecule has 1 aromatic carbocycles. The van der Waals surface area contributed by atoms with E-state index in [1.165, 1.54) is 18.9 Å². The minimum atomic E-state index is -0.178. The van der Waals surface area contributed by atoms with Gasteiger partial charge in [0.1, 0.15) is 5.75 Å². The number of hydrogen-bond donors (Lipinski definition) is 2. The first-order valence-electron chi connectivity index (χ1n) is 7.53. The quantitative estimate of drug-likeness (QED) is 0.675. The number of benzene rings is 1. The average molecular weight is 336 g/mol. The molecule has 5 nitrogen and oxygen atoms in total. The van der Waals surface area contributed by atoms with Crippen LogP contribution in [0.4, 0.5) is 11.4 Å². The molecule has 0 fully saturated rings. The summed E-state index contributed by atoms with van der Waals surface area (Å²) >= 11 is 1.51. The average Bonchev–Trinajstić information content (AvgIpc) is 2.54. The number of carbonyl (C=O) groups is 2. The number of nitrogens with one attached hydrogen (secondary N) is 2. The molecule has 1 atom stereocenters. The Labute approximate surface area is 141 Å². The molecule has 1 rings (SSSR count). The first kappa shape index (κ1) is 19.1. The van der Waals surface area contributed by atoms with Crippen molar-refractivity contribution in [3.05, 3.63) is 30.9 Å². The predicted molar refractivity (Wildman–Crippen MR) is 97.3 cm³/mol. The van der Waals surface area contributed by atoms with Crippen molar-refractivity contribution in [2.75, 3.05) is 23.5 Å². The number of anilines is 2. The lowest BCUT2D eigenvalue weighted by Gasteiger charge is -2.14. The predicted octanol–water partition coefficient (Wildman–Crippen LogP) is 3.68. The van der Waals surface area contributed by atoms with Gasteiger partial charge in [-0.15, -0.1) is 18.3 Å². The molecule has 1 aromatic rings. The molecular weight excluding hydrogens is 312 g/mol. The third-order valence-electron chi connectivity index (χ3n) is 3.05. The van der Waals surface area contributed by atoms with E-state index in [2.05, 4.69) is 17.2 Å². The zero-order chi connectivity index (χ0) is 17.2. The van der Waals surface area contributed by atoms with E-state index in [0.717, 1.165) is 12.2 Å². The minimum Gasteiger partial charge on any atom is -0.494 e. The van der Waals surface area contributed by atoms with Crippen LogP contribution in [0.2, 0.25) is 0 Å². The first-order chi connectivity index (χ1) is 11.0. The lowest BCUT2D eigenvalue weighted by Crippen LogP contribution is -2.22. The van der Waals surface area contributed by atoms with Gasteiger partial charge in [0.15, 0.2) is 0 Å². The van der Waals surface area contributed by atoms with Gasteiger partial charge in [-0.1, -0.05) is 13.0 Å². The van der Waals surface area contributed by atoms with Crippen molar-refractivity contribution in [2.45, 2.75) is 31.9 Å². The smallest absolute Gasteiger partial charge is 0.237 e. The van der Waals surface area contributed by atoms with Gasteiger partial charge in [-0.3, -0.25) is 9.59 Å². The maximum Gasteiger partial charge on any atom is 0.237 e. The summed E-state index contributed by atoms with van der Waals surface area (Å²) in [5, 5.41) is 5.47. The Morgan fingerprint density at radius 1 is 1.39 bits per heavy atom. The van der Waals surface area contributed by atoms with E-state index in [-0.39, 0.29) is 17.1 Å². The number of ether oxygens (including phenoxy) is 1. The van der Waals surface area contributed by atoms with Gasteiger partial charge in [-0.25, -0.2) is 0 Å². The molecular formula is C17H24N2O3S. The Morgan fingerprint density at radius 2 is 2.13 bits per heavy atom. The van der Waals surface area contributed by atoms with Crippen molar-refractivity contribution in [3.8, 4) is 5.75 Å². The highest BCUT2D eigenvalue weighted by atomic mass is 32.2. The van der Waals surface area contributed by atoms with E-state index in [1.807, 2.05) is 13.8 Å². The SMILES string of the molecule is C=CCS[C@H](C)C(=O)Nc1ccc(NC(=O)CCC)c(OC)c1. The van der Waals surface area contributed by atoms with Crippen LogP contribution < -0.4 is 15.4 Å². The molecule has 0 aliphatic rings. The van der Waals surface area contributed by atoms with E-state index < -0.39 is 0 Å². The van der Waals surface area contributed by atoms with Crippen LogP contribution in [0.5, 0.6) is 5.75 Å². The monoisotopic (exact) mass is 336 g/mol. The molecule has 2 N–H and O–H groups in total. The molecule has 0 saturated carbocycles.